The highest BCUT2D eigenvalue weighted by molar-refractivity contribution is 7.92. The zero-order valence-corrected chi connectivity index (χ0v) is 16.8. The van der Waals surface area contributed by atoms with Crippen LogP contribution in [-0.4, -0.2) is 40.8 Å². The normalized spacial score (nSPS) is 12.2. The third-order valence-corrected chi connectivity index (χ3v) is 5.23. The summed E-state index contributed by atoms with van der Waals surface area (Å²) in [4.78, 5) is 12.8. The number of nitrogens with zero attached hydrogens (tertiary/aromatic N) is 1. The number of rotatable bonds is 7. The number of sulfonamides is 1. The summed E-state index contributed by atoms with van der Waals surface area (Å²) >= 11 is 0. The number of amides is 1. The van der Waals surface area contributed by atoms with Gasteiger partial charge < -0.3 is 14.8 Å². The Kier molecular flexibility index (Phi) is 6.32. The molecule has 0 spiro atoms. The van der Waals surface area contributed by atoms with Crippen LogP contribution in [0.2, 0.25) is 0 Å². The molecular formula is C19H24N2O5S. The van der Waals surface area contributed by atoms with Gasteiger partial charge in [0.1, 0.15) is 17.5 Å². The lowest BCUT2D eigenvalue weighted by Crippen LogP contribution is -2.45. The Labute approximate surface area is 160 Å². The summed E-state index contributed by atoms with van der Waals surface area (Å²) in [6.07, 6.45) is 1.06. The highest BCUT2D eigenvalue weighted by Gasteiger charge is 2.31. The van der Waals surface area contributed by atoms with Gasteiger partial charge in [0.05, 0.1) is 26.2 Å². The minimum Gasteiger partial charge on any atom is -0.497 e. The molecule has 0 aliphatic rings. The molecule has 146 valence electrons. The van der Waals surface area contributed by atoms with Crippen LogP contribution in [0.15, 0.2) is 42.5 Å². The quantitative estimate of drug-likeness (QED) is 0.783. The lowest BCUT2D eigenvalue weighted by Gasteiger charge is -2.29. The second-order valence-electron chi connectivity index (χ2n) is 6.13. The van der Waals surface area contributed by atoms with E-state index >= 15 is 0 Å². The molecule has 0 heterocycles. The molecule has 0 saturated heterocycles. The smallest absolute Gasteiger partial charge is 0.247 e. The van der Waals surface area contributed by atoms with E-state index in [1.54, 1.807) is 36.4 Å². The molecule has 1 N–H and O–H groups in total. The Hall–Kier alpha value is -2.74. The van der Waals surface area contributed by atoms with Crippen molar-refractivity contribution in [2.24, 2.45) is 0 Å². The van der Waals surface area contributed by atoms with Crippen molar-refractivity contribution in [3.05, 3.63) is 48.0 Å². The molecule has 1 unspecified atom stereocenters. The number of methoxy groups -OCH3 is 2. The standard InChI is InChI=1S/C19H24N2O5S/c1-13-9-10-18(26-4)17(11-13)21(27(5,23)24)14(2)19(22)20-15-7-6-8-16(12-15)25-3/h6-12,14H,1-5H3,(H,20,22). The van der Waals surface area contributed by atoms with E-state index in [0.29, 0.717) is 22.9 Å². The number of hydrogen-bond acceptors (Lipinski definition) is 5. The third kappa shape index (κ3) is 4.91. The number of benzene rings is 2. The Morgan fingerprint density at radius 2 is 1.81 bits per heavy atom. The number of anilines is 2. The average molecular weight is 392 g/mol. The lowest BCUT2D eigenvalue weighted by atomic mass is 10.2. The van der Waals surface area contributed by atoms with Gasteiger partial charge in [-0.3, -0.25) is 9.10 Å². The van der Waals surface area contributed by atoms with Crippen LogP contribution < -0.4 is 19.1 Å². The van der Waals surface area contributed by atoms with Gasteiger partial charge in [0.25, 0.3) is 0 Å². The van der Waals surface area contributed by atoms with Crippen molar-refractivity contribution in [1.82, 2.24) is 0 Å². The molecule has 2 rings (SSSR count). The van der Waals surface area contributed by atoms with Crippen molar-refractivity contribution in [2.45, 2.75) is 19.9 Å². The molecule has 0 aliphatic heterocycles. The van der Waals surface area contributed by atoms with Crippen LogP contribution in [0.5, 0.6) is 11.5 Å². The number of carbonyl (C=O) groups excluding carboxylic acids is 1. The predicted octanol–water partition coefficient (Wildman–Crippen LogP) is 2.81. The summed E-state index contributed by atoms with van der Waals surface area (Å²) in [5.41, 5.74) is 1.67. The van der Waals surface area contributed by atoms with Gasteiger partial charge in [-0.25, -0.2) is 8.42 Å². The average Bonchev–Trinajstić information content (AvgIpc) is 2.61. The summed E-state index contributed by atoms with van der Waals surface area (Å²) in [5.74, 6) is 0.477. The molecule has 2 aromatic carbocycles. The molecule has 0 fully saturated rings. The monoisotopic (exact) mass is 392 g/mol. The van der Waals surface area contributed by atoms with Gasteiger partial charge in [0.2, 0.25) is 15.9 Å². The van der Waals surface area contributed by atoms with Crippen LogP contribution in [0.25, 0.3) is 0 Å². The molecule has 2 aromatic rings. The van der Waals surface area contributed by atoms with Crippen molar-refractivity contribution in [3.8, 4) is 11.5 Å². The minimum atomic E-state index is -3.75. The van der Waals surface area contributed by atoms with Gasteiger partial charge in [-0.1, -0.05) is 12.1 Å². The van der Waals surface area contributed by atoms with Gasteiger partial charge in [0, 0.05) is 11.8 Å². The fourth-order valence-corrected chi connectivity index (χ4v) is 3.87. The number of ether oxygens (including phenoxy) is 2. The molecule has 0 aromatic heterocycles. The molecule has 0 aliphatic carbocycles. The molecule has 7 nitrogen and oxygen atoms in total. The van der Waals surface area contributed by atoms with Crippen molar-refractivity contribution >= 4 is 27.3 Å². The topological polar surface area (TPSA) is 84.9 Å². The number of aryl methyl sites for hydroxylation is 1. The SMILES string of the molecule is COc1cccc(NC(=O)C(C)N(c2cc(C)ccc2OC)S(C)(=O)=O)c1. The first-order chi connectivity index (χ1) is 12.7. The Bertz CT molecular complexity index is 927. The third-order valence-electron chi connectivity index (χ3n) is 4.00. The molecule has 0 radical (unpaired) electrons. The van der Waals surface area contributed by atoms with Crippen LogP contribution in [-0.2, 0) is 14.8 Å². The fourth-order valence-electron chi connectivity index (χ4n) is 2.70. The van der Waals surface area contributed by atoms with E-state index in [-0.39, 0.29) is 0 Å². The molecule has 8 heteroatoms. The van der Waals surface area contributed by atoms with Crippen LogP contribution >= 0.6 is 0 Å². The molecule has 1 amide bonds. The Morgan fingerprint density at radius 3 is 2.41 bits per heavy atom. The van der Waals surface area contributed by atoms with Crippen molar-refractivity contribution in [1.29, 1.82) is 0 Å². The second-order valence-corrected chi connectivity index (χ2v) is 7.99. The first-order valence-electron chi connectivity index (χ1n) is 8.26. The number of nitrogens with one attached hydrogen (secondary N) is 1. The Morgan fingerprint density at radius 1 is 1.11 bits per heavy atom. The largest absolute Gasteiger partial charge is 0.497 e. The first-order valence-corrected chi connectivity index (χ1v) is 10.1. The van der Waals surface area contributed by atoms with Gasteiger partial charge in [-0.05, 0) is 43.7 Å². The Balaban J connectivity index is 2.39. The number of carbonyl (C=O) groups is 1. The maximum absolute atomic E-state index is 12.8. The van der Waals surface area contributed by atoms with E-state index in [0.717, 1.165) is 16.1 Å². The summed E-state index contributed by atoms with van der Waals surface area (Å²) in [5, 5.41) is 2.72. The zero-order valence-electron chi connectivity index (χ0n) is 16.0. The molecular weight excluding hydrogens is 368 g/mol. The van der Waals surface area contributed by atoms with Crippen LogP contribution in [0.4, 0.5) is 11.4 Å². The molecule has 1 atom stereocenters. The summed E-state index contributed by atoms with van der Waals surface area (Å²) in [7, 11) is -0.768. The number of hydrogen-bond donors (Lipinski definition) is 1. The van der Waals surface area contributed by atoms with E-state index in [1.165, 1.54) is 21.1 Å². The second kappa shape index (κ2) is 8.30. The van der Waals surface area contributed by atoms with E-state index in [1.807, 2.05) is 13.0 Å². The van der Waals surface area contributed by atoms with Crippen LogP contribution in [0, 0.1) is 6.92 Å². The summed E-state index contributed by atoms with van der Waals surface area (Å²) < 4.78 is 36.5. The predicted molar refractivity (Wildman–Crippen MR) is 106 cm³/mol. The molecule has 27 heavy (non-hydrogen) atoms. The minimum absolute atomic E-state index is 0.313. The van der Waals surface area contributed by atoms with Crippen molar-refractivity contribution in [3.63, 3.8) is 0 Å². The highest BCUT2D eigenvalue weighted by atomic mass is 32.2. The van der Waals surface area contributed by atoms with E-state index in [9.17, 15) is 13.2 Å². The van der Waals surface area contributed by atoms with Gasteiger partial charge in [-0.2, -0.15) is 0 Å². The van der Waals surface area contributed by atoms with Gasteiger partial charge >= 0.3 is 0 Å². The maximum Gasteiger partial charge on any atom is 0.247 e. The van der Waals surface area contributed by atoms with Crippen LogP contribution in [0.1, 0.15) is 12.5 Å². The molecule has 0 bridgehead atoms. The summed E-state index contributed by atoms with van der Waals surface area (Å²) in [6, 6.07) is 11.0. The fraction of sp³-hybridized carbons (Fsp3) is 0.316. The van der Waals surface area contributed by atoms with E-state index < -0.39 is 22.0 Å². The summed E-state index contributed by atoms with van der Waals surface area (Å²) in [6.45, 7) is 3.36. The van der Waals surface area contributed by atoms with E-state index in [4.69, 9.17) is 9.47 Å². The maximum atomic E-state index is 12.8. The molecule has 0 saturated carbocycles. The zero-order chi connectivity index (χ0) is 20.2. The first kappa shape index (κ1) is 20.6. The van der Waals surface area contributed by atoms with Gasteiger partial charge in [0.15, 0.2) is 0 Å². The van der Waals surface area contributed by atoms with Gasteiger partial charge in [-0.15, -0.1) is 0 Å². The van der Waals surface area contributed by atoms with Crippen molar-refractivity contribution in [2.75, 3.05) is 30.1 Å². The lowest BCUT2D eigenvalue weighted by molar-refractivity contribution is -0.116. The van der Waals surface area contributed by atoms with Crippen molar-refractivity contribution < 1.29 is 22.7 Å². The van der Waals surface area contributed by atoms with E-state index in [2.05, 4.69) is 5.32 Å². The van der Waals surface area contributed by atoms with Crippen LogP contribution in [0.3, 0.4) is 0 Å². The highest BCUT2D eigenvalue weighted by Crippen LogP contribution is 2.33.